The maximum absolute atomic E-state index is 7.31. The van der Waals surface area contributed by atoms with Gasteiger partial charge in [-0.3, -0.25) is 0 Å². The second kappa shape index (κ2) is 5.21. The molecule has 0 fully saturated rings. The van der Waals surface area contributed by atoms with E-state index in [4.69, 9.17) is 11.0 Å². The lowest BCUT2D eigenvalue weighted by Gasteiger charge is -2.05. The molecule has 0 bridgehead atoms. The number of furan rings is 1. The van der Waals surface area contributed by atoms with Crippen molar-refractivity contribution in [3.63, 3.8) is 0 Å². The van der Waals surface area contributed by atoms with Gasteiger partial charge in [-0.25, -0.2) is 9.41 Å². The summed E-state index contributed by atoms with van der Waals surface area (Å²) < 4.78 is 8.32. The van der Waals surface area contributed by atoms with Crippen LogP contribution in [0.1, 0.15) is 11.1 Å². The Hall–Kier alpha value is -3.12. The third kappa shape index (κ3) is 2.00. The fourth-order valence-corrected chi connectivity index (χ4v) is 3.30. The number of aromatic nitrogens is 1. The van der Waals surface area contributed by atoms with E-state index in [9.17, 15) is 0 Å². The topological polar surface area (TPSA) is 21.4 Å². The van der Waals surface area contributed by atoms with E-state index in [1.807, 2.05) is 38.4 Å². The van der Waals surface area contributed by atoms with Gasteiger partial charge in [0.05, 0.1) is 12.1 Å². The SMILES string of the molecule is [C-]#[N+]c1cc2oc3c(-c4cccc[n+]4C)c(C)ccc3c2cc1C. The van der Waals surface area contributed by atoms with E-state index in [-0.39, 0.29) is 0 Å². The van der Waals surface area contributed by atoms with E-state index in [2.05, 4.69) is 40.6 Å². The van der Waals surface area contributed by atoms with Gasteiger partial charge in [0.1, 0.15) is 18.2 Å². The van der Waals surface area contributed by atoms with Gasteiger partial charge in [0.25, 0.3) is 0 Å². The molecule has 2 aromatic heterocycles. The molecule has 0 N–H and O–H groups in total. The highest BCUT2D eigenvalue weighted by molar-refractivity contribution is 6.10. The standard InChI is InChI=1S/C21H17N2O/c1-13-8-9-15-16-11-14(2)17(22-3)12-19(16)24-21(15)20(13)18-7-5-6-10-23(18)4/h5-12H,1-2,4H3/q+1. The molecule has 0 aliphatic rings. The summed E-state index contributed by atoms with van der Waals surface area (Å²) in [5.74, 6) is 0. The van der Waals surface area contributed by atoms with Crippen LogP contribution in [0.4, 0.5) is 5.69 Å². The Morgan fingerprint density at radius 2 is 1.83 bits per heavy atom. The first kappa shape index (κ1) is 14.5. The van der Waals surface area contributed by atoms with Gasteiger partial charge in [-0.2, -0.15) is 0 Å². The average molecular weight is 313 g/mol. The van der Waals surface area contributed by atoms with E-state index < -0.39 is 0 Å². The van der Waals surface area contributed by atoms with Crippen molar-refractivity contribution in [3.8, 4) is 11.3 Å². The fraction of sp³-hybridized carbons (Fsp3) is 0.143. The number of rotatable bonds is 1. The van der Waals surface area contributed by atoms with E-state index in [1.54, 1.807) is 0 Å². The van der Waals surface area contributed by atoms with Gasteiger partial charge >= 0.3 is 0 Å². The number of pyridine rings is 1. The zero-order valence-electron chi connectivity index (χ0n) is 13.9. The molecular formula is C21H17N2O+. The minimum absolute atomic E-state index is 0.644. The van der Waals surface area contributed by atoms with Crippen molar-refractivity contribution in [3.05, 3.63) is 71.2 Å². The first-order valence-electron chi connectivity index (χ1n) is 7.89. The van der Waals surface area contributed by atoms with Crippen LogP contribution in [0.5, 0.6) is 0 Å². The van der Waals surface area contributed by atoms with Crippen LogP contribution in [0.15, 0.2) is 53.1 Å². The Morgan fingerprint density at radius 3 is 2.58 bits per heavy atom. The molecule has 4 aromatic rings. The zero-order valence-corrected chi connectivity index (χ0v) is 13.9. The summed E-state index contributed by atoms with van der Waals surface area (Å²) in [6.45, 7) is 11.4. The minimum Gasteiger partial charge on any atom is -0.456 e. The van der Waals surface area contributed by atoms with Crippen LogP contribution in [-0.4, -0.2) is 0 Å². The Labute approximate surface area is 140 Å². The van der Waals surface area contributed by atoms with Gasteiger partial charge in [0, 0.05) is 22.9 Å². The van der Waals surface area contributed by atoms with Gasteiger partial charge in [0.15, 0.2) is 11.9 Å². The van der Waals surface area contributed by atoms with Crippen LogP contribution in [0.2, 0.25) is 0 Å². The lowest BCUT2D eigenvalue weighted by molar-refractivity contribution is -0.660. The van der Waals surface area contributed by atoms with E-state index in [0.29, 0.717) is 5.69 Å². The van der Waals surface area contributed by atoms with E-state index >= 15 is 0 Å². The van der Waals surface area contributed by atoms with Crippen LogP contribution in [0.3, 0.4) is 0 Å². The predicted molar refractivity (Wildman–Crippen MR) is 96.1 cm³/mol. The molecule has 0 amide bonds. The van der Waals surface area contributed by atoms with E-state index in [1.165, 1.54) is 5.56 Å². The number of fused-ring (bicyclic) bond motifs is 3. The van der Waals surface area contributed by atoms with Crippen LogP contribution in [-0.2, 0) is 7.05 Å². The molecule has 2 heterocycles. The fourth-order valence-electron chi connectivity index (χ4n) is 3.30. The van der Waals surface area contributed by atoms with Crippen LogP contribution < -0.4 is 4.57 Å². The van der Waals surface area contributed by atoms with E-state index in [0.717, 1.165) is 38.8 Å². The number of nitrogens with zero attached hydrogens (tertiary/aromatic N) is 2. The van der Waals surface area contributed by atoms with Gasteiger partial charge in [-0.05, 0) is 37.1 Å². The molecule has 4 rings (SSSR count). The van der Waals surface area contributed by atoms with Crippen molar-refractivity contribution in [2.75, 3.05) is 0 Å². The molecule has 0 aliphatic heterocycles. The Kier molecular flexibility index (Phi) is 3.14. The molecule has 2 aromatic carbocycles. The molecule has 0 aliphatic carbocycles. The third-order valence-corrected chi connectivity index (χ3v) is 4.60. The largest absolute Gasteiger partial charge is 0.456 e. The van der Waals surface area contributed by atoms with Gasteiger partial charge in [0.2, 0.25) is 5.69 Å². The van der Waals surface area contributed by atoms with Crippen LogP contribution in [0.25, 0.3) is 38.0 Å². The number of aryl methyl sites for hydroxylation is 3. The highest BCUT2D eigenvalue weighted by atomic mass is 16.3. The molecule has 0 radical (unpaired) electrons. The molecule has 0 unspecified atom stereocenters. The molecule has 0 spiro atoms. The molecule has 0 saturated carbocycles. The maximum Gasteiger partial charge on any atom is 0.216 e. The summed E-state index contributed by atoms with van der Waals surface area (Å²) in [7, 11) is 2.04. The van der Waals surface area contributed by atoms with Crippen molar-refractivity contribution in [1.82, 2.24) is 0 Å². The van der Waals surface area contributed by atoms with Crippen molar-refractivity contribution in [2.24, 2.45) is 7.05 Å². The third-order valence-electron chi connectivity index (χ3n) is 4.60. The summed E-state index contributed by atoms with van der Waals surface area (Å²) in [4.78, 5) is 3.59. The molecule has 3 heteroatoms. The second-order valence-electron chi connectivity index (χ2n) is 6.18. The summed E-state index contributed by atoms with van der Waals surface area (Å²) in [6.07, 6.45) is 2.04. The first-order chi connectivity index (χ1) is 11.6. The number of benzene rings is 2. The molecule has 24 heavy (non-hydrogen) atoms. The molecule has 116 valence electrons. The second-order valence-corrected chi connectivity index (χ2v) is 6.18. The molecular weight excluding hydrogens is 296 g/mol. The van der Waals surface area contributed by atoms with Crippen molar-refractivity contribution < 1.29 is 8.98 Å². The summed E-state index contributed by atoms with van der Waals surface area (Å²) in [5, 5.41) is 2.16. The summed E-state index contributed by atoms with van der Waals surface area (Å²) in [6, 6.07) is 14.3. The number of hydrogen-bond donors (Lipinski definition) is 0. The van der Waals surface area contributed by atoms with Gasteiger partial charge in [-0.1, -0.05) is 18.2 Å². The summed E-state index contributed by atoms with van der Waals surface area (Å²) in [5.41, 5.74) is 6.67. The molecule has 0 atom stereocenters. The monoisotopic (exact) mass is 313 g/mol. The van der Waals surface area contributed by atoms with Crippen molar-refractivity contribution >= 4 is 27.6 Å². The Bertz CT molecular complexity index is 1150. The zero-order chi connectivity index (χ0) is 16.8. The van der Waals surface area contributed by atoms with Gasteiger partial charge in [-0.15, -0.1) is 0 Å². The lowest BCUT2D eigenvalue weighted by Crippen LogP contribution is -2.30. The quantitative estimate of drug-likeness (QED) is 0.347. The Balaban J connectivity index is 2.15. The lowest BCUT2D eigenvalue weighted by atomic mass is 10.00. The maximum atomic E-state index is 7.31. The highest BCUT2D eigenvalue weighted by Gasteiger charge is 2.20. The van der Waals surface area contributed by atoms with Crippen molar-refractivity contribution in [1.29, 1.82) is 0 Å². The summed E-state index contributed by atoms with van der Waals surface area (Å²) >= 11 is 0. The van der Waals surface area contributed by atoms with Crippen LogP contribution >= 0.6 is 0 Å². The smallest absolute Gasteiger partial charge is 0.216 e. The average Bonchev–Trinajstić information content (AvgIpc) is 2.92. The van der Waals surface area contributed by atoms with Crippen molar-refractivity contribution in [2.45, 2.75) is 13.8 Å². The van der Waals surface area contributed by atoms with Gasteiger partial charge < -0.3 is 4.42 Å². The van der Waals surface area contributed by atoms with Crippen LogP contribution in [0, 0.1) is 20.4 Å². The first-order valence-corrected chi connectivity index (χ1v) is 7.89. The molecule has 3 nitrogen and oxygen atoms in total. The predicted octanol–water partition coefficient (Wildman–Crippen LogP) is 5.25. The molecule has 0 saturated heterocycles. The Morgan fingerprint density at radius 1 is 1.00 bits per heavy atom. The number of hydrogen-bond acceptors (Lipinski definition) is 1. The minimum atomic E-state index is 0.644. The normalized spacial score (nSPS) is 11.1. The highest BCUT2D eigenvalue weighted by Crippen LogP contribution is 2.38.